The third-order valence-electron chi connectivity index (χ3n) is 2.37. The quantitative estimate of drug-likeness (QED) is 0.808. The number of hydrogen-bond donors (Lipinski definition) is 2. The van der Waals surface area contributed by atoms with Crippen LogP contribution in [0.3, 0.4) is 0 Å². The van der Waals surface area contributed by atoms with Crippen LogP contribution in [-0.2, 0) is 9.84 Å². The number of aliphatic hydroxyl groups excluding tert-OH is 1. The van der Waals surface area contributed by atoms with E-state index >= 15 is 0 Å². The van der Waals surface area contributed by atoms with Crippen molar-refractivity contribution in [3.05, 3.63) is 29.8 Å². The molecule has 0 saturated heterocycles. The normalized spacial score (nSPS) is 15.7. The fraction of sp³-hybridized carbons (Fsp3) is 0.400. The first kappa shape index (κ1) is 15.7. The highest BCUT2D eigenvalue weighted by molar-refractivity contribution is 7.94. The first-order valence-electron chi connectivity index (χ1n) is 4.92. The molecule has 0 aliphatic heterocycles. The van der Waals surface area contributed by atoms with Crippen molar-refractivity contribution in [2.24, 2.45) is 5.73 Å². The smallest absolute Gasteiger partial charge is 0.212 e. The molecule has 0 fully saturated rings. The third kappa shape index (κ3) is 3.33. The second kappa shape index (κ2) is 6.16. The first-order valence-corrected chi connectivity index (χ1v) is 7.34. The average Bonchev–Trinajstić information content (AvgIpc) is 2.36. The Labute approximate surface area is 114 Å². The van der Waals surface area contributed by atoms with E-state index < -0.39 is 32.8 Å². The lowest BCUT2D eigenvalue weighted by molar-refractivity contribution is 0.132. The molecular formula is C10H12Cl2FNO3S. The van der Waals surface area contributed by atoms with Crippen LogP contribution in [0.5, 0.6) is 0 Å². The lowest BCUT2D eigenvalue weighted by Gasteiger charge is -2.16. The number of benzene rings is 1. The van der Waals surface area contributed by atoms with Gasteiger partial charge in [-0.1, -0.05) is 35.3 Å². The van der Waals surface area contributed by atoms with Crippen LogP contribution in [0, 0.1) is 0 Å². The SMILES string of the molecule is N[C@H](CF)[C@H](O)c1ccc(S(=O)(=O)C(Cl)Cl)cc1. The van der Waals surface area contributed by atoms with Crippen LogP contribution < -0.4 is 5.73 Å². The molecule has 0 spiro atoms. The zero-order valence-corrected chi connectivity index (χ0v) is 11.5. The van der Waals surface area contributed by atoms with Gasteiger partial charge in [0.05, 0.1) is 17.0 Å². The van der Waals surface area contributed by atoms with E-state index in [4.69, 9.17) is 28.9 Å². The second-order valence-corrected chi connectivity index (χ2v) is 7.28. The van der Waals surface area contributed by atoms with E-state index in [-0.39, 0.29) is 4.90 Å². The lowest BCUT2D eigenvalue weighted by Crippen LogP contribution is -2.30. The molecule has 0 aliphatic rings. The Hall–Kier alpha value is -0.400. The molecule has 0 aliphatic carbocycles. The minimum atomic E-state index is -3.80. The Morgan fingerprint density at radius 1 is 1.28 bits per heavy atom. The van der Waals surface area contributed by atoms with Crippen molar-refractivity contribution in [1.29, 1.82) is 0 Å². The van der Waals surface area contributed by atoms with Gasteiger partial charge in [0.2, 0.25) is 14.0 Å². The summed E-state index contributed by atoms with van der Waals surface area (Å²) in [4.78, 5) is -0.0812. The molecule has 3 N–H and O–H groups in total. The molecule has 0 bridgehead atoms. The molecule has 1 aromatic carbocycles. The topological polar surface area (TPSA) is 80.4 Å². The Bertz CT molecular complexity index is 492. The number of sulfone groups is 1. The maximum absolute atomic E-state index is 12.3. The van der Waals surface area contributed by atoms with Crippen LogP contribution >= 0.6 is 23.2 Å². The van der Waals surface area contributed by atoms with E-state index in [1.54, 1.807) is 0 Å². The van der Waals surface area contributed by atoms with Gasteiger partial charge in [-0.05, 0) is 17.7 Å². The molecule has 0 unspecified atom stereocenters. The van der Waals surface area contributed by atoms with Gasteiger partial charge < -0.3 is 10.8 Å². The van der Waals surface area contributed by atoms with Crippen molar-refractivity contribution in [2.75, 3.05) is 6.67 Å². The van der Waals surface area contributed by atoms with E-state index in [0.29, 0.717) is 5.56 Å². The number of hydrogen-bond acceptors (Lipinski definition) is 4. The zero-order valence-electron chi connectivity index (χ0n) is 9.13. The van der Waals surface area contributed by atoms with Crippen LogP contribution in [0.15, 0.2) is 29.2 Å². The number of halogens is 3. The van der Waals surface area contributed by atoms with Crippen molar-refractivity contribution in [3.63, 3.8) is 0 Å². The lowest BCUT2D eigenvalue weighted by atomic mass is 10.0. The first-order chi connectivity index (χ1) is 8.30. The molecule has 0 saturated carbocycles. The summed E-state index contributed by atoms with van der Waals surface area (Å²) in [6, 6.07) is 4.08. The van der Waals surface area contributed by atoms with E-state index in [1.165, 1.54) is 24.3 Å². The molecule has 0 amide bonds. The van der Waals surface area contributed by atoms with Gasteiger partial charge in [-0.15, -0.1) is 0 Å². The molecule has 4 nitrogen and oxygen atoms in total. The summed E-state index contributed by atoms with van der Waals surface area (Å²) in [5.74, 6) is 0. The van der Waals surface area contributed by atoms with Gasteiger partial charge in [0.15, 0.2) is 0 Å². The van der Waals surface area contributed by atoms with Gasteiger partial charge in [-0.25, -0.2) is 12.8 Å². The van der Waals surface area contributed by atoms with Gasteiger partial charge in [0.1, 0.15) is 6.67 Å². The summed E-state index contributed by atoms with van der Waals surface area (Å²) >= 11 is 10.7. The summed E-state index contributed by atoms with van der Waals surface area (Å²) in [6.07, 6.45) is -1.20. The third-order valence-corrected chi connectivity index (χ3v) is 5.17. The highest BCUT2D eigenvalue weighted by Crippen LogP contribution is 2.24. The molecule has 1 rings (SSSR count). The van der Waals surface area contributed by atoms with Gasteiger partial charge in [-0.3, -0.25) is 0 Å². The largest absolute Gasteiger partial charge is 0.387 e. The molecule has 0 aromatic heterocycles. The minimum absolute atomic E-state index is 0.0812. The summed E-state index contributed by atoms with van der Waals surface area (Å²) < 4.78 is 33.9. The summed E-state index contributed by atoms with van der Waals surface area (Å²) in [5, 5.41) is 9.63. The number of alkyl halides is 3. The molecule has 0 heterocycles. The van der Waals surface area contributed by atoms with E-state index in [2.05, 4.69) is 0 Å². The summed E-state index contributed by atoms with van der Waals surface area (Å²) in [6.45, 7) is -0.882. The fourth-order valence-corrected chi connectivity index (χ4v) is 2.63. The van der Waals surface area contributed by atoms with Crippen molar-refractivity contribution in [2.45, 2.75) is 21.2 Å². The van der Waals surface area contributed by atoms with E-state index in [9.17, 15) is 17.9 Å². The fourth-order valence-electron chi connectivity index (χ4n) is 1.29. The standard InChI is InChI=1S/C10H12Cl2FNO3S/c11-10(12)18(16,17)7-3-1-6(2-4-7)9(15)8(14)5-13/h1-4,8-10,15H,5,14H2/t8-,9-/m1/s1. The van der Waals surface area contributed by atoms with Crippen molar-refractivity contribution in [1.82, 2.24) is 0 Å². The van der Waals surface area contributed by atoms with Gasteiger partial charge in [-0.2, -0.15) is 0 Å². The van der Waals surface area contributed by atoms with Crippen molar-refractivity contribution in [3.8, 4) is 0 Å². The summed E-state index contributed by atoms with van der Waals surface area (Å²) in [7, 11) is -3.80. The molecule has 0 radical (unpaired) electrons. The van der Waals surface area contributed by atoms with Gasteiger partial charge in [0.25, 0.3) is 0 Å². The van der Waals surface area contributed by atoms with E-state index in [0.717, 1.165) is 0 Å². The number of aliphatic hydroxyl groups is 1. The molecule has 102 valence electrons. The van der Waals surface area contributed by atoms with Crippen molar-refractivity contribution < 1.29 is 17.9 Å². The molecule has 1 aromatic rings. The Morgan fingerprint density at radius 2 is 1.78 bits per heavy atom. The predicted molar refractivity (Wildman–Crippen MR) is 68.0 cm³/mol. The highest BCUT2D eigenvalue weighted by Gasteiger charge is 2.24. The van der Waals surface area contributed by atoms with E-state index in [1.807, 2.05) is 0 Å². The Kier molecular flexibility index (Phi) is 5.36. The average molecular weight is 316 g/mol. The van der Waals surface area contributed by atoms with Crippen LogP contribution in [-0.4, -0.2) is 30.4 Å². The van der Waals surface area contributed by atoms with Crippen molar-refractivity contribution >= 4 is 33.0 Å². The van der Waals surface area contributed by atoms with Crippen LogP contribution in [0.25, 0.3) is 0 Å². The van der Waals surface area contributed by atoms with Crippen LogP contribution in [0.2, 0.25) is 0 Å². The monoisotopic (exact) mass is 315 g/mol. The molecule has 8 heteroatoms. The molecule has 2 atom stereocenters. The highest BCUT2D eigenvalue weighted by atomic mass is 35.5. The van der Waals surface area contributed by atoms with Crippen LogP contribution in [0.1, 0.15) is 11.7 Å². The van der Waals surface area contributed by atoms with Gasteiger partial charge >= 0.3 is 0 Å². The maximum Gasteiger partial charge on any atom is 0.212 e. The number of rotatable bonds is 5. The predicted octanol–water partition coefficient (Wildman–Crippen LogP) is 1.55. The number of nitrogens with two attached hydrogens (primary N) is 1. The minimum Gasteiger partial charge on any atom is -0.387 e. The summed E-state index contributed by atoms with van der Waals surface area (Å²) in [5.41, 5.74) is 5.65. The molecule has 18 heavy (non-hydrogen) atoms. The van der Waals surface area contributed by atoms with Gasteiger partial charge in [0, 0.05) is 0 Å². The molecular weight excluding hydrogens is 304 g/mol. The Balaban J connectivity index is 3.01. The maximum atomic E-state index is 12.3. The second-order valence-electron chi connectivity index (χ2n) is 3.64. The zero-order chi connectivity index (χ0) is 13.9. The van der Waals surface area contributed by atoms with Crippen LogP contribution in [0.4, 0.5) is 4.39 Å². The Morgan fingerprint density at radius 3 is 2.17 bits per heavy atom.